The fraction of sp³-hybridized carbons (Fsp3) is 0.333. The van der Waals surface area contributed by atoms with Gasteiger partial charge in [-0.05, 0) is 74.2 Å². The number of amides is 2. The van der Waals surface area contributed by atoms with Crippen molar-refractivity contribution in [1.29, 1.82) is 0 Å². The van der Waals surface area contributed by atoms with E-state index in [1.807, 2.05) is 13.0 Å². The van der Waals surface area contributed by atoms with Gasteiger partial charge in [-0.25, -0.2) is 8.42 Å². The first kappa shape index (κ1) is 28.6. The molecule has 0 bridgehead atoms. The highest BCUT2D eigenvalue weighted by Crippen LogP contribution is 2.26. The van der Waals surface area contributed by atoms with Crippen molar-refractivity contribution in [3.05, 3.63) is 95.0 Å². The molecule has 3 aromatic carbocycles. The van der Waals surface area contributed by atoms with Gasteiger partial charge in [-0.15, -0.1) is 0 Å². The lowest BCUT2D eigenvalue weighted by Crippen LogP contribution is -2.52. The van der Waals surface area contributed by atoms with Gasteiger partial charge in [0.25, 0.3) is 10.0 Å². The number of carbonyl (C=O) groups excluding carboxylic acids is 2. The van der Waals surface area contributed by atoms with Gasteiger partial charge < -0.3 is 10.2 Å². The van der Waals surface area contributed by atoms with Crippen LogP contribution in [0.3, 0.4) is 0 Å². The van der Waals surface area contributed by atoms with E-state index in [0.717, 1.165) is 41.1 Å². The van der Waals surface area contributed by atoms with E-state index in [9.17, 15) is 18.0 Å². The summed E-state index contributed by atoms with van der Waals surface area (Å²) in [5.74, 6) is -0.739. The Hall–Kier alpha value is -3.36. The van der Waals surface area contributed by atoms with Crippen molar-refractivity contribution in [2.24, 2.45) is 0 Å². The molecule has 0 aliphatic heterocycles. The molecule has 1 aliphatic rings. The minimum atomic E-state index is -4.07. The summed E-state index contributed by atoms with van der Waals surface area (Å²) < 4.78 is 28.7. The van der Waals surface area contributed by atoms with Crippen LogP contribution in [-0.4, -0.2) is 43.8 Å². The third-order valence-corrected chi connectivity index (χ3v) is 9.07. The summed E-state index contributed by atoms with van der Waals surface area (Å²) in [5.41, 5.74) is 2.01. The normalized spacial score (nSPS) is 14.5. The molecule has 1 N–H and O–H groups in total. The first-order valence-electron chi connectivity index (χ1n) is 13.1. The topological polar surface area (TPSA) is 86.8 Å². The molecule has 1 fully saturated rings. The molecule has 0 heterocycles. The molecule has 0 saturated heterocycles. The maximum absolute atomic E-state index is 14.0. The molecule has 1 atom stereocenters. The third kappa shape index (κ3) is 7.19. The molecule has 39 heavy (non-hydrogen) atoms. The van der Waals surface area contributed by atoms with Gasteiger partial charge in [-0.3, -0.25) is 13.9 Å². The SMILES string of the molecule is Cc1cccc(N(CC(=O)N(Cc2ccc(Cl)cc2)[C@H](C)C(=O)NC2CCCC2)S(=O)(=O)c2ccccc2)c1. The van der Waals surface area contributed by atoms with Crippen LogP contribution in [0.4, 0.5) is 5.69 Å². The number of benzene rings is 3. The van der Waals surface area contributed by atoms with E-state index in [0.29, 0.717) is 10.7 Å². The van der Waals surface area contributed by atoms with E-state index < -0.39 is 28.5 Å². The molecule has 1 aliphatic carbocycles. The third-order valence-electron chi connectivity index (χ3n) is 7.03. The Bertz CT molecular complexity index is 1390. The van der Waals surface area contributed by atoms with Crippen molar-refractivity contribution in [3.63, 3.8) is 0 Å². The van der Waals surface area contributed by atoms with E-state index in [-0.39, 0.29) is 23.4 Å². The van der Waals surface area contributed by atoms with Crippen molar-refractivity contribution in [2.45, 2.75) is 63.1 Å². The lowest BCUT2D eigenvalue weighted by atomic mass is 10.1. The van der Waals surface area contributed by atoms with Crippen LogP contribution < -0.4 is 9.62 Å². The molecule has 7 nitrogen and oxygen atoms in total. The summed E-state index contributed by atoms with van der Waals surface area (Å²) >= 11 is 6.06. The van der Waals surface area contributed by atoms with Gasteiger partial charge in [-0.1, -0.05) is 66.9 Å². The molecular weight excluding hydrogens is 534 g/mol. The molecule has 2 amide bonds. The van der Waals surface area contributed by atoms with Crippen LogP contribution >= 0.6 is 11.6 Å². The van der Waals surface area contributed by atoms with Gasteiger partial charge in [0.15, 0.2) is 0 Å². The highest BCUT2D eigenvalue weighted by molar-refractivity contribution is 7.92. The summed E-state index contributed by atoms with van der Waals surface area (Å²) in [6, 6.07) is 21.4. The van der Waals surface area contributed by atoms with E-state index in [4.69, 9.17) is 11.6 Å². The maximum Gasteiger partial charge on any atom is 0.264 e. The Morgan fingerprint density at radius 2 is 1.64 bits per heavy atom. The van der Waals surface area contributed by atoms with Crippen LogP contribution in [-0.2, 0) is 26.2 Å². The van der Waals surface area contributed by atoms with Crippen molar-refractivity contribution >= 4 is 39.1 Å². The Morgan fingerprint density at radius 3 is 2.28 bits per heavy atom. The molecule has 9 heteroatoms. The zero-order valence-corrected chi connectivity index (χ0v) is 23.8. The molecule has 0 radical (unpaired) electrons. The monoisotopic (exact) mass is 567 g/mol. The molecule has 3 aromatic rings. The van der Waals surface area contributed by atoms with Crippen LogP contribution in [0, 0.1) is 6.92 Å². The predicted molar refractivity (Wildman–Crippen MR) is 154 cm³/mol. The first-order chi connectivity index (χ1) is 18.6. The van der Waals surface area contributed by atoms with E-state index in [1.54, 1.807) is 67.6 Å². The van der Waals surface area contributed by atoms with E-state index in [1.165, 1.54) is 17.0 Å². The van der Waals surface area contributed by atoms with Gasteiger partial charge in [0.05, 0.1) is 10.6 Å². The van der Waals surface area contributed by atoms with Crippen molar-refractivity contribution in [2.75, 3.05) is 10.8 Å². The number of carbonyl (C=O) groups is 2. The van der Waals surface area contributed by atoms with Gasteiger partial charge in [0.2, 0.25) is 11.8 Å². The van der Waals surface area contributed by atoms with Crippen LogP contribution in [0.1, 0.15) is 43.7 Å². The second kappa shape index (κ2) is 12.7. The molecule has 206 valence electrons. The number of hydrogen-bond acceptors (Lipinski definition) is 4. The van der Waals surface area contributed by atoms with Gasteiger partial charge in [-0.2, -0.15) is 0 Å². The summed E-state index contributed by atoms with van der Waals surface area (Å²) in [6.45, 7) is 3.21. The minimum Gasteiger partial charge on any atom is -0.352 e. The first-order valence-corrected chi connectivity index (χ1v) is 15.0. The van der Waals surface area contributed by atoms with Gasteiger partial charge >= 0.3 is 0 Å². The Labute approximate surface area is 235 Å². The van der Waals surface area contributed by atoms with Crippen molar-refractivity contribution in [3.8, 4) is 0 Å². The minimum absolute atomic E-state index is 0.0792. The molecule has 4 rings (SSSR count). The zero-order valence-electron chi connectivity index (χ0n) is 22.2. The van der Waals surface area contributed by atoms with Crippen LogP contribution in [0.25, 0.3) is 0 Å². The quantitative estimate of drug-likeness (QED) is 0.359. The molecular formula is C30H34ClN3O4S. The van der Waals surface area contributed by atoms with Crippen LogP contribution in [0.15, 0.2) is 83.8 Å². The Balaban J connectivity index is 1.67. The summed E-state index contributed by atoms with van der Waals surface area (Å²) in [7, 11) is -4.07. The lowest BCUT2D eigenvalue weighted by molar-refractivity contribution is -0.139. The molecule has 0 spiro atoms. The highest BCUT2D eigenvalue weighted by atomic mass is 35.5. The fourth-order valence-electron chi connectivity index (χ4n) is 4.79. The standard InChI is InChI=1S/C30H34ClN3O4S/c1-22-9-8-12-27(19-22)34(39(37,38)28-13-4-3-5-14-28)21-29(35)33(20-24-15-17-25(31)18-16-24)23(2)30(36)32-26-10-6-7-11-26/h3-5,8-9,12-19,23,26H,6-7,10-11,20-21H2,1-2H3,(H,32,36)/t23-/m1/s1. The van der Waals surface area contributed by atoms with Crippen LogP contribution in [0.2, 0.25) is 5.02 Å². The number of hydrogen-bond donors (Lipinski definition) is 1. The highest BCUT2D eigenvalue weighted by Gasteiger charge is 2.33. The van der Waals surface area contributed by atoms with Gasteiger partial charge in [0.1, 0.15) is 12.6 Å². The number of anilines is 1. The number of rotatable bonds is 10. The number of nitrogens with zero attached hydrogens (tertiary/aromatic N) is 2. The smallest absolute Gasteiger partial charge is 0.264 e. The Morgan fingerprint density at radius 1 is 0.974 bits per heavy atom. The lowest BCUT2D eigenvalue weighted by Gasteiger charge is -2.32. The molecule has 0 unspecified atom stereocenters. The summed E-state index contributed by atoms with van der Waals surface area (Å²) in [6.07, 6.45) is 3.96. The average Bonchev–Trinajstić information content (AvgIpc) is 3.44. The largest absolute Gasteiger partial charge is 0.352 e. The average molecular weight is 568 g/mol. The summed E-state index contributed by atoms with van der Waals surface area (Å²) in [4.78, 5) is 28.7. The second-order valence-electron chi connectivity index (χ2n) is 9.98. The van der Waals surface area contributed by atoms with Crippen molar-refractivity contribution < 1.29 is 18.0 Å². The summed E-state index contributed by atoms with van der Waals surface area (Å²) in [5, 5.41) is 3.63. The maximum atomic E-state index is 14.0. The number of nitrogens with one attached hydrogen (secondary N) is 1. The zero-order chi connectivity index (χ0) is 28.0. The molecule has 1 saturated carbocycles. The van der Waals surface area contributed by atoms with E-state index in [2.05, 4.69) is 5.32 Å². The predicted octanol–water partition coefficient (Wildman–Crippen LogP) is 5.32. The number of halogens is 1. The van der Waals surface area contributed by atoms with E-state index >= 15 is 0 Å². The number of aryl methyl sites for hydroxylation is 1. The molecule has 0 aromatic heterocycles. The fourth-order valence-corrected chi connectivity index (χ4v) is 6.35. The Kier molecular flexibility index (Phi) is 9.30. The van der Waals surface area contributed by atoms with Gasteiger partial charge in [0, 0.05) is 17.6 Å². The van der Waals surface area contributed by atoms with Crippen molar-refractivity contribution in [1.82, 2.24) is 10.2 Å². The number of sulfonamides is 1. The second-order valence-corrected chi connectivity index (χ2v) is 12.3. The van der Waals surface area contributed by atoms with Crippen LogP contribution in [0.5, 0.6) is 0 Å².